The topological polar surface area (TPSA) is 75.7 Å². The molecular formula is C15H13FN2O4S. The van der Waals surface area contributed by atoms with Crippen LogP contribution in [0.2, 0.25) is 0 Å². The summed E-state index contributed by atoms with van der Waals surface area (Å²) in [6.07, 6.45) is -0.477. The Hall–Kier alpha value is -2.61. The summed E-state index contributed by atoms with van der Waals surface area (Å²) < 4.78 is 45.0. The molecule has 1 heterocycles. The second kappa shape index (κ2) is 5.88. The van der Waals surface area contributed by atoms with Crippen molar-refractivity contribution < 1.29 is 22.3 Å². The van der Waals surface area contributed by atoms with Gasteiger partial charge in [-0.3, -0.25) is 9.62 Å². The maximum atomic E-state index is 13.2. The van der Waals surface area contributed by atoms with Gasteiger partial charge in [-0.05, 0) is 36.4 Å². The molecule has 2 aromatic rings. The summed E-state index contributed by atoms with van der Waals surface area (Å²) >= 11 is 0. The van der Waals surface area contributed by atoms with Gasteiger partial charge in [-0.15, -0.1) is 0 Å². The SMILES string of the molecule is O=C1OCCN1c1cccc(NS(=O)(=O)c2cccc(F)c2)c1. The average Bonchev–Trinajstić information content (AvgIpc) is 2.93. The van der Waals surface area contributed by atoms with Gasteiger partial charge in [0.1, 0.15) is 12.4 Å². The van der Waals surface area contributed by atoms with Crippen molar-refractivity contribution in [2.24, 2.45) is 0 Å². The fourth-order valence-electron chi connectivity index (χ4n) is 2.21. The number of anilines is 2. The number of nitrogens with zero attached hydrogens (tertiary/aromatic N) is 1. The number of sulfonamides is 1. The van der Waals surface area contributed by atoms with E-state index >= 15 is 0 Å². The van der Waals surface area contributed by atoms with E-state index in [4.69, 9.17) is 4.74 Å². The molecule has 0 spiro atoms. The molecule has 6 nitrogen and oxygen atoms in total. The van der Waals surface area contributed by atoms with Gasteiger partial charge in [0.05, 0.1) is 17.1 Å². The predicted octanol–water partition coefficient (Wildman–Crippen LogP) is 2.58. The Balaban J connectivity index is 1.87. The van der Waals surface area contributed by atoms with Crippen molar-refractivity contribution in [1.29, 1.82) is 0 Å². The molecule has 120 valence electrons. The van der Waals surface area contributed by atoms with Crippen LogP contribution in [0.3, 0.4) is 0 Å². The van der Waals surface area contributed by atoms with Crippen molar-refractivity contribution in [2.45, 2.75) is 4.90 Å². The molecule has 1 N–H and O–H groups in total. The van der Waals surface area contributed by atoms with Gasteiger partial charge in [0.25, 0.3) is 10.0 Å². The fraction of sp³-hybridized carbons (Fsp3) is 0.133. The van der Waals surface area contributed by atoms with Crippen molar-refractivity contribution in [3.8, 4) is 0 Å². The van der Waals surface area contributed by atoms with Crippen LogP contribution >= 0.6 is 0 Å². The second-order valence-electron chi connectivity index (χ2n) is 4.88. The van der Waals surface area contributed by atoms with E-state index in [1.54, 1.807) is 18.2 Å². The molecule has 0 radical (unpaired) electrons. The molecule has 0 aliphatic carbocycles. The van der Waals surface area contributed by atoms with Gasteiger partial charge in [-0.1, -0.05) is 12.1 Å². The molecule has 0 saturated carbocycles. The van der Waals surface area contributed by atoms with Crippen LogP contribution in [0.5, 0.6) is 0 Å². The number of cyclic esters (lactones) is 1. The number of amides is 1. The summed E-state index contributed by atoms with van der Waals surface area (Å²) in [4.78, 5) is 12.8. The molecule has 1 amide bonds. The zero-order valence-electron chi connectivity index (χ0n) is 11.9. The van der Waals surface area contributed by atoms with Crippen LogP contribution in [0.1, 0.15) is 0 Å². The highest BCUT2D eigenvalue weighted by Gasteiger charge is 2.24. The highest BCUT2D eigenvalue weighted by atomic mass is 32.2. The van der Waals surface area contributed by atoms with E-state index in [-0.39, 0.29) is 17.2 Å². The number of hydrogen-bond acceptors (Lipinski definition) is 4. The Morgan fingerprint density at radius 3 is 2.61 bits per heavy atom. The van der Waals surface area contributed by atoms with Crippen LogP contribution in [0.15, 0.2) is 53.4 Å². The van der Waals surface area contributed by atoms with E-state index in [2.05, 4.69) is 4.72 Å². The Morgan fingerprint density at radius 2 is 1.91 bits per heavy atom. The summed E-state index contributed by atoms with van der Waals surface area (Å²) in [5.41, 5.74) is 0.790. The molecule has 23 heavy (non-hydrogen) atoms. The summed E-state index contributed by atoms with van der Waals surface area (Å²) in [6, 6.07) is 11.1. The van der Waals surface area contributed by atoms with Crippen LogP contribution in [-0.2, 0) is 14.8 Å². The number of hydrogen-bond donors (Lipinski definition) is 1. The van der Waals surface area contributed by atoms with E-state index < -0.39 is 21.9 Å². The lowest BCUT2D eigenvalue weighted by molar-refractivity contribution is 0.181. The molecule has 0 unspecified atom stereocenters. The lowest BCUT2D eigenvalue weighted by atomic mass is 10.2. The maximum absolute atomic E-state index is 13.2. The number of rotatable bonds is 4. The number of halogens is 1. The lowest BCUT2D eigenvalue weighted by Gasteiger charge is -2.14. The first kappa shape index (κ1) is 15.3. The average molecular weight is 336 g/mol. The van der Waals surface area contributed by atoms with E-state index in [9.17, 15) is 17.6 Å². The van der Waals surface area contributed by atoms with Crippen LogP contribution < -0.4 is 9.62 Å². The Morgan fingerprint density at radius 1 is 1.13 bits per heavy atom. The monoisotopic (exact) mass is 336 g/mol. The first-order valence-corrected chi connectivity index (χ1v) is 8.27. The first-order valence-electron chi connectivity index (χ1n) is 6.78. The van der Waals surface area contributed by atoms with Crippen LogP contribution in [0.4, 0.5) is 20.6 Å². The van der Waals surface area contributed by atoms with Gasteiger partial charge in [-0.25, -0.2) is 17.6 Å². The molecule has 1 fully saturated rings. The van der Waals surface area contributed by atoms with Gasteiger partial charge < -0.3 is 4.74 Å². The van der Waals surface area contributed by atoms with Crippen molar-refractivity contribution in [3.63, 3.8) is 0 Å². The highest BCUT2D eigenvalue weighted by Crippen LogP contribution is 2.24. The predicted molar refractivity (Wildman–Crippen MR) is 82.3 cm³/mol. The fourth-order valence-corrected chi connectivity index (χ4v) is 3.29. The summed E-state index contributed by atoms with van der Waals surface area (Å²) in [5, 5.41) is 0. The smallest absolute Gasteiger partial charge is 0.414 e. The van der Waals surface area contributed by atoms with Crippen LogP contribution in [-0.4, -0.2) is 27.7 Å². The minimum absolute atomic E-state index is 0.177. The van der Waals surface area contributed by atoms with Crippen molar-refractivity contribution in [2.75, 3.05) is 22.8 Å². The third-order valence-electron chi connectivity index (χ3n) is 3.28. The molecular weight excluding hydrogens is 323 g/mol. The lowest BCUT2D eigenvalue weighted by Crippen LogP contribution is -2.23. The van der Waals surface area contributed by atoms with Gasteiger partial charge in [0.2, 0.25) is 0 Å². The summed E-state index contributed by atoms with van der Waals surface area (Å²) in [6.45, 7) is 0.691. The van der Waals surface area contributed by atoms with Crippen molar-refractivity contribution in [3.05, 3.63) is 54.3 Å². The van der Waals surface area contributed by atoms with Gasteiger partial charge >= 0.3 is 6.09 Å². The van der Waals surface area contributed by atoms with Gasteiger partial charge in [0.15, 0.2) is 0 Å². The zero-order chi connectivity index (χ0) is 16.4. The van der Waals surface area contributed by atoms with Crippen LogP contribution in [0, 0.1) is 5.82 Å². The molecule has 8 heteroatoms. The number of carbonyl (C=O) groups is 1. The molecule has 1 saturated heterocycles. The quantitative estimate of drug-likeness (QED) is 0.931. The number of carbonyl (C=O) groups excluding carboxylic acids is 1. The molecule has 0 bridgehead atoms. The molecule has 3 rings (SSSR count). The Kier molecular flexibility index (Phi) is 3.91. The van der Waals surface area contributed by atoms with Crippen molar-refractivity contribution >= 4 is 27.5 Å². The minimum Gasteiger partial charge on any atom is -0.447 e. The number of ether oxygens (including phenoxy) is 1. The molecule has 1 aliphatic rings. The number of benzene rings is 2. The van der Waals surface area contributed by atoms with Gasteiger partial charge in [0, 0.05) is 5.69 Å². The molecule has 1 aliphatic heterocycles. The molecule has 0 aromatic heterocycles. The number of nitrogens with one attached hydrogen (secondary N) is 1. The van der Waals surface area contributed by atoms with E-state index in [1.807, 2.05) is 0 Å². The molecule has 0 atom stereocenters. The first-order chi connectivity index (χ1) is 11.0. The van der Waals surface area contributed by atoms with E-state index in [0.29, 0.717) is 12.2 Å². The minimum atomic E-state index is -3.91. The maximum Gasteiger partial charge on any atom is 0.414 e. The van der Waals surface area contributed by atoms with E-state index in [0.717, 1.165) is 6.07 Å². The van der Waals surface area contributed by atoms with Crippen molar-refractivity contribution in [1.82, 2.24) is 0 Å². The normalized spacial score (nSPS) is 14.7. The second-order valence-corrected chi connectivity index (χ2v) is 6.56. The third kappa shape index (κ3) is 3.26. The highest BCUT2D eigenvalue weighted by molar-refractivity contribution is 7.92. The van der Waals surface area contributed by atoms with E-state index in [1.165, 1.54) is 29.2 Å². The zero-order valence-corrected chi connectivity index (χ0v) is 12.7. The largest absolute Gasteiger partial charge is 0.447 e. The third-order valence-corrected chi connectivity index (χ3v) is 4.66. The van der Waals surface area contributed by atoms with Crippen LogP contribution in [0.25, 0.3) is 0 Å². The molecule has 2 aromatic carbocycles. The summed E-state index contributed by atoms with van der Waals surface area (Å²) in [7, 11) is -3.91. The summed E-state index contributed by atoms with van der Waals surface area (Å²) in [5.74, 6) is -0.638. The van der Waals surface area contributed by atoms with Gasteiger partial charge in [-0.2, -0.15) is 0 Å². The Labute approximate surface area is 132 Å². The standard InChI is InChI=1S/C15H13FN2O4S/c16-11-3-1-6-14(9-11)23(20,21)17-12-4-2-5-13(10-12)18-7-8-22-15(18)19/h1-6,9-10,17H,7-8H2. The Bertz CT molecular complexity index is 854.